The van der Waals surface area contributed by atoms with Crippen molar-refractivity contribution in [2.75, 3.05) is 11.9 Å². The highest BCUT2D eigenvalue weighted by molar-refractivity contribution is 7.91. The van der Waals surface area contributed by atoms with E-state index in [0.717, 1.165) is 17.8 Å². The number of hydrogen-bond acceptors (Lipinski definition) is 12. The third-order valence-electron chi connectivity index (χ3n) is 11.5. The van der Waals surface area contributed by atoms with Gasteiger partial charge in [-0.05, 0) is 49.4 Å². The normalized spacial score (nSPS) is 22.1. The summed E-state index contributed by atoms with van der Waals surface area (Å²) in [6.45, 7) is 13.4. The zero-order valence-corrected chi connectivity index (χ0v) is 36.2. The quantitative estimate of drug-likeness (QED) is 0.104. The Kier molecular flexibility index (Phi) is 10.9. The molecule has 3 fully saturated rings. The summed E-state index contributed by atoms with van der Waals surface area (Å²) < 4.78 is 80.9. The maximum absolute atomic E-state index is 14.8. The van der Waals surface area contributed by atoms with Crippen LogP contribution in [0.15, 0.2) is 71.0 Å². The minimum Gasteiger partial charge on any atom is -0.470 e. The van der Waals surface area contributed by atoms with Gasteiger partial charge in [0.15, 0.2) is 11.0 Å². The SMILES string of the molecule is C=C[C@@H]1C[C@]1(NC(=O)[C@@H]1C[C@@H](Oc2nc(-c3ccc(C(F)(F)F)cc3)nc3c2oc2ccccc23)CN1C(=O)[C@@H](Nc1nc(C(C)(C)C)cs1)C(C)C)C(=O)NS(=O)(=O)C1CC1. The van der Waals surface area contributed by atoms with Crippen LogP contribution in [-0.4, -0.2) is 81.5 Å². The molecule has 14 nitrogen and oxygen atoms in total. The first-order valence-electron chi connectivity index (χ1n) is 20.3. The highest BCUT2D eigenvalue weighted by Gasteiger charge is 2.62. The van der Waals surface area contributed by atoms with E-state index in [4.69, 9.17) is 14.1 Å². The van der Waals surface area contributed by atoms with Crippen LogP contribution in [0.25, 0.3) is 33.5 Å². The maximum Gasteiger partial charge on any atom is 0.416 e. The molecule has 0 unspecified atom stereocenters. The highest BCUT2D eigenvalue weighted by atomic mass is 32.2. The fourth-order valence-electron chi connectivity index (χ4n) is 7.64. The second-order valence-electron chi connectivity index (χ2n) is 17.5. The summed E-state index contributed by atoms with van der Waals surface area (Å²) >= 11 is 1.35. The van der Waals surface area contributed by atoms with Gasteiger partial charge in [0.2, 0.25) is 27.4 Å². The van der Waals surface area contributed by atoms with Crippen LogP contribution in [0.4, 0.5) is 18.3 Å². The van der Waals surface area contributed by atoms with Gasteiger partial charge < -0.3 is 24.7 Å². The number of likely N-dealkylation sites (tertiary alicyclic amines) is 1. The molecule has 19 heteroatoms. The van der Waals surface area contributed by atoms with E-state index in [1.54, 1.807) is 24.3 Å². The molecule has 3 aromatic heterocycles. The van der Waals surface area contributed by atoms with Crippen molar-refractivity contribution in [1.82, 2.24) is 29.9 Å². The number of carbonyl (C=O) groups is 3. The number of anilines is 1. The monoisotopic (exact) mass is 893 g/mol. The van der Waals surface area contributed by atoms with Crippen LogP contribution in [0.1, 0.15) is 71.6 Å². The standard InChI is InChI=1S/C43H46F3N7O7S2/c1-7-24-19-42(24,39(56)52-62(57,58)27-16-17-27)51-36(54)29-18-26(20-53(29)38(55)32(22(2)3)49-40-47-31(21-61-40)41(4,5)6)59-37-34-33(28-10-8-9-11-30(28)60-34)48-35(50-37)23-12-14-25(15-13-23)43(44,45)46/h7-15,21-22,24,26-27,29,32H,1,16-20H2,2-6H3,(H,47,49)(H,51,54)(H,52,56)/t24-,26-,29+,32+,42-/m1/s1. The summed E-state index contributed by atoms with van der Waals surface area (Å²) in [6.07, 6.45) is -3.12. The third kappa shape index (κ3) is 8.35. The lowest BCUT2D eigenvalue weighted by molar-refractivity contribution is -0.140. The zero-order chi connectivity index (χ0) is 44.5. The fourth-order valence-corrected chi connectivity index (χ4v) is 9.98. The number of nitrogens with one attached hydrogen (secondary N) is 3. The molecule has 8 rings (SSSR count). The highest BCUT2D eigenvalue weighted by Crippen LogP contribution is 2.46. The number of amides is 3. The third-order valence-corrected chi connectivity index (χ3v) is 14.1. The number of sulfonamides is 1. The van der Waals surface area contributed by atoms with E-state index in [9.17, 15) is 36.0 Å². The topological polar surface area (TPSA) is 186 Å². The summed E-state index contributed by atoms with van der Waals surface area (Å²) in [7, 11) is -3.96. The Morgan fingerprint density at radius 1 is 1.05 bits per heavy atom. The lowest BCUT2D eigenvalue weighted by atomic mass is 9.93. The Morgan fingerprint density at radius 3 is 2.37 bits per heavy atom. The average Bonchev–Trinajstić information content (AvgIpc) is 4.04. The van der Waals surface area contributed by atoms with Gasteiger partial charge in [-0.3, -0.25) is 19.1 Å². The van der Waals surface area contributed by atoms with Gasteiger partial charge in [-0.2, -0.15) is 18.2 Å². The number of rotatable bonds is 13. The summed E-state index contributed by atoms with van der Waals surface area (Å²) in [6, 6.07) is 9.34. The number of benzene rings is 2. The number of fused-ring (bicyclic) bond motifs is 3. The first kappa shape index (κ1) is 43.1. The lowest BCUT2D eigenvalue weighted by Crippen LogP contribution is -2.58. The molecule has 328 valence electrons. The number of furan rings is 1. The van der Waals surface area contributed by atoms with Crippen molar-refractivity contribution in [3.05, 3.63) is 77.8 Å². The number of thiazole rings is 1. The molecule has 0 bridgehead atoms. The molecule has 2 aliphatic carbocycles. The number of halogens is 3. The van der Waals surface area contributed by atoms with Crippen molar-refractivity contribution < 1.29 is 45.1 Å². The van der Waals surface area contributed by atoms with Crippen LogP contribution in [-0.2, 0) is 36.0 Å². The van der Waals surface area contributed by atoms with Gasteiger partial charge in [0, 0.05) is 34.1 Å². The van der Waals surface area contributed by atoms with Gasteiger partial charge in [0.1, 0.15) is 34.8 Å². The van der Waals surface area contributed by atoms with E-state index in [-0.39, 0.29) is 53.6 Å². The van der Waals surface area contributed by atoms with Crippen LogP contribution < -0.4 is 20.1 Å². The van der Waals surface area contributed by atoms with E-state index in [1.807, 2.05) is 40.0 Å². The molecule has 5 atom stereocenters. The van der Waals surface area contributed by atoms with Crippen LogP contribution in [0.3, 0.4) is 0 Å². The number of aromatic nitrogens is 3. The van der Waals surface area contributed by atoms with E-state index in [1.165, 1.54) is 34.4 Å². The lowest BCUT2D eigenvalue weighted by Gasteiger charge is -2.31. The molecule has 2 saturated carbocycles. The van der Waals surface area contributed by atoms with Crippen molar-refractivity contribution in [3.8, 4) is 17.3 Å². The summed E-state index contributed by atoms with van der Waals surface area (Å²) in [5.41, 5.74) is -0.680. The van der Waals surface area contributed by atoms with Crippen molar-refractivity contribution in [3.63, 3.8) is 0 Å². The molecule has 0 radical (unpaired) electrons. The second-order valence-corrected chi connectivity index (χ2v) is 20.3. The van der Waals surface area contributed by atoms with Gasteiger partial charge in [-0.25, -0.2) is 18.4 Å². The van der Waals surface area contributed by atoms with E-state index in [0.29, 0.717) is 34.5 Å². The molecular weight excluding hydrogens is 848 g/mol. The maximum atomic E-state index is 14.8. The zero-order valence-electron chi connectivity index (χ0n) is 34.6. The van der Waals surface area contributed by atoms with Gasteiger partial charge in [0.25, 0.3) is 11.8 Å². The number of ether oxygens (including phenoxy) is 1. The number of carbonyl (C=O) groups excluding carboxylic acids is 3. The largest absolute Gasteiger partial charge is 0.470 e. The summed E-state index contributed by atoms with van der Waals surface area (Å²) in [4.78, 5) is 58.4. The molecule has 3 amide bonds. The van der Waals surface area contributed by atoms with E-state index < -0.39 is 74.4 Å². The van der Waals surface area contributed by atoms with Crippen molar-refractivity contribution in [2.45, 2.75) is 101 Å². The predicted octanol–water partition coefficient (Wildman–Crippen LogP) is 6.97. The van der Waals surface area contributed by atoms with Crippen molar-refractivity contribution in [2.24, 2.45) is 11.8 Å². The molecule has 62 heavy (non-hydrogen) atoms. The number of para-hydroxylation sites is 1. The van der Waals surface area contributed by atoms with Crippen molar-refractivity contribution in [1.29, 1.82) is 0 Å². The first-order valence-corrected chi connectivity index (χ1v) is 22.7. The first-order chi connectivity index (χ1) is 29.2. The van der Waals surface area contributed by atoms with Gasteiger partial charge >= 0.3 is 6.18 Å². The van der Waals surface area contributed by atoms with Crippen LogP contribution in [0, 0.1) is 11.8 Å². The average molecular weight is 894 g/mol. The number of alkyl halides is 3. The second kappa shape index (κ2) is 15.7. The molecular formula is C43H46F3N7O7S2. The van der Waals surface area contributed by atoms with Crippen LogP contribution >= 0.6 is 11.3 Å². The summed E-state index contributed by atoms with van der Waals surface area (Å²) in [5, 5.41) is 8.42. The van der Waals surface area contributed by atoms with Gasteiger partial charge in [-0.1, -0.05) is 65.0 Å². The smallest absolute Gasteiger partial charge is 0.416 e. The Balaban J connectivity index is 1.14. The Bertz CT molecular complexity index is 2690. The molecule has 2 aromatic carbocycles. The Labute approximate surface area is 359 Å². The Hall–Kier alpha value is -5.56. The molecule has 0 spiro atoms. The van der Waals surface area contributed by atoms with Crippen molar-refractivity contribution >= 4 is 66.3 Å². The molecule has 5 aromatic rings. The molecule has 4 heterocycles. The summed E-state index contributed by atoms with van der Waals surface area (Å²) in [5.74, 6) is -2.92. The van der Waals surface area contributed by atoms with Crippen LogP contribution in [0.5, 0.6) is 5.88 Å². The number of nitrogens with zero attached hydrogens (tertiary/aromatic N) is 4. The number of hydrogen-bond donors (Lipinski definition) is 3. The molecule has 3 N–H and O–H groups in total. The van der Waals surface area contributed by atoms with E-state index in [2.05, 4.69) is 31.9 Å². The predicted molar refractivity (Wildman–Crippen MR) is 227 cm³/mol. The van der Waals surface area contributed by atoms with Gasteiger partial charge in [-0.15, -0.1) is 17.9 Å². The van der Waals surface area contributed by atoms with E-state index >= 15 is 0 Å². The molecule has 1 aliphatic heterocycles. The minimum absolute atomic E-state index is 0.0495. The fraction of sp³-hybridized carbons (Fsp3) is 0.442. The van der Waals surface area contributed by atoms with Crippen LogP contribution in [0.2, 0.25) is 0 Å². The molecule has 1 saturated heterocycles. The van der Waals surface area contributed by atoms with Gasteiger partial charge in [0.05, 0.1) is 23.1 Å². The minimum atomic E-state index is -4.56. The Morgan fingerprint density at radius 2 is 1.76 bits per heavy atom. The molecule has 3 aliphatic rings.